The summed E-state index contributed by atoms with van der Waals surface area (Å²) in [7, 11) is 3.87. The summed E-state index contributed by atoms with van der Waals surface area (Å²) in [5.41, 5.74) is 1.45. The van der Waals surface area contributed by atoms with E-state index in [0.717, 1.165) is 18.5 Å². The van der Waals surface area contributed by atoms with E-state index in [4.69, 9.17) is 4.74 Å². The van der Waals surface area contributed by atoms with Crippen molar-refractivity contribution in [3.05, 3.63) is 29.8 Å². The van der Waals surface area contributed by atoms with E-state index in [1.54, 1.807) is 19.1 Å². The molecule has 1 N–H and O–H groups in total. The molecule has 0 unspecified atom stereocenters. The summed E-state index contributed by atoms with van der Waals surface area (Å²) < 4.78 is 5.34. The normalized spacial score (nSPS) is 24.3. The van der Waals surface area contributed by atoms with Crippen LogP contribution in [0.2, 0.25) is 0 Å². The lowest BCUT2D eigenvalue weighted by Crippen LogP contribution is -2.47. The highest BCUT2D eigenvalue weighted by atomic mass is 16.5. The zero-order valence-electron chi connectivity index (χ0n) is 15.9. The van der Waals surface area contributed by atoms with Crippen molar-refractivity contribution >= 4 is 17.6 Å². The third kappa shape index (κ3) is 4.97. The SMILES string of the molecule is C[C@@H]1[C@@H](C)CCC[C@H]1NC(=O)[C@@H](C)OC(=O)c1ccc(N(C)C)cc1. The number of carbonyl (C=O) groups is 2. The molecule has 25 heavy (non-hydrogen) atoms. The molecule has 2 rings (SSSR count). The summed E-state index contributed by atoms with van der Waals surface area (Å²) in [6, 6.07) is 7.30. The topological polar surface area (TPSA) is 58.6 Å². The van der Waals surface area contributed by atoms with Crippen molar-refractivity contribution in [3.8, 4) is 0 Å². The fraction of sp³-hybridized carbons (Fsp3) is 0.600. The van der Waals surface area contributed by atoms with Crippen LogP contribution in [-0.4, -0.2) is 38.1 Å². The molecule has 0 bridgehead atoms. The van der Waals surface area contributed by atoms with Crippen molar-refractivity contribution in [2.45, 2.75) is 52.2 Å². The molecular weight excluding hydrogens is 316 g/mol. The zero-order chi connectivity index (χ0) is 18.6. The predicted octanol–water partition coefficient (Wildman–Crippen LogP) is 3.24. The van der Waals surface area contributed by atoms with Crippen molar-refractivity contribution < 1.29 is 14.3 Å². The van der Waals surface area contributed by atoms with Crippen LogP contribution in [0.3, 0.4) is 0 Å². The van der Waals surface area contributed by atoms with E-state index >= 15 is 0 Å². The molecule has 0 saturated heterocycles. The molecule has 1 aromatic rings. The number of rotatable bonds is 5. The van der Waals surface area contributed by atoms with Gasteiger partial charge in [-0.15, -0.1) is 0 Å². The Bertz CT molecular complexity index is 597. The smallest absolute Gasteiger partial charge is 0.338 e. The van der Waals surface area contributed by atoms with Gasteiger partial charge in [-0.3, -0.25) is 4.79 Å². The number of ether oxygens (including phenoxy) is 1. The second-order valence-corrected chi connectivity index (χ2v) is 7.37. The second-order valence-electron chi connectivity index (χ2n) is 7.37. The Kier molecular flexibility index (Phi) is 6.45. The van der Waals surface area contributed by atoms with Crippen LogP contribution in [0.15, 0.2) is 24.3 Å². The molecule has 5 heteroatoms. The summed E-state index contributed by atoms with van der Waals surface area (Å²) >= 11 is 0. The molecule has 5 nitrogen and oxygen atoms in total. The van der Waals surface area contributed by atoms with Gasteiger partial charge in [0.1, 0.15) is 0 Å². The minimum atomic E-state index is -0.801. The van der Waals surface area contributed by atoms with Crippen LogP contribution >= 0.6 is 0 Å². The second kappa shape index (κ2) is 8.37. The average Bonchev–Trinajstić information content (AvgIpc) is 2.58. The van der Waals surface area contributed by atoms with Crippen LogP contribution in [0.25, 0.3) is 0 Å². The minimum absolute atomic E-state index is 0.164. The van der Waals surface area contributed by atoms with Crippen LogP contribution < -0.4 is 10.2 Å². The lowest BCUT2D eigenvalue weighted by atomic mass is 9.78. The highest BCUT2D eigenvalue weighted by Gasteiger charge is 2.30. The average molecular weight is 346 g/mol. The molecule has 0 radical (unpaired) electrons. The van der Waals surface area contributed by atoms with Gasteiger partial charge >= 0.3 is 5.97 Å². The van der Waals surface area contributed by atoms with Crippen molar-refractivity contribution in [2.24, 2.45) is 11.8 Å². The number of nitrogens with one attached hydrogen (secondary N) is 1. The molecule has 1 aliphatic carbocycles. The van der Waals surface area contributed by atoms with Crippen LogP contribution in [0.5, 0.6) is 0 Å². The summed E-state index contributed by atoms with van der Waals surface area (Å²) in [5, 5.41) is 3.06. The van der Waals surface area contributed by atoms with Crippen molar-refractivity contribution in [2.75, 3.05) is 19.0 Å². The van der Waals surface area contributed by atoms with E-state index in [2.05, 4.69) is 19.2 Å². The van der Waals surface area contributed by atoms with Gasteiger partial charge in [-0.25, -0.2) is 4.79 Å². The number of esters is 1. The Balaban J connectivity index is 1.90. The van der Waals surface area contributed by atoms with Gasteiger partial charge in [0.25, 0.3) is 5.91 Å². The lowest BCUT2D eigenvalue weighted by Gasteiger charge is -2.35. The van der Waals surface area contributed by atoms with Crippen molar-refractivity contribution in [1.29, 1.82) is 0 Å². The number of benzene rings is 1. The Morgan fingerprint density at radius 1 is 1.16 bits per heavy atom. The standard InChI is InChI=1S/C20H30N2O3/c1-13-7-6-8-18(14(13)2)21-19(23)15(3)25-20(24)16-9-11-17(12-10-16)22(4)5/h9-15,18H,6-8H2,1-5H3,(H,21,23)/t13-,14+,15+,18+/m0/s1. The molecule has 1 saturated carbocycles. The molecule has 1 fully saturated rings. The van der Waals surface area contributed by atoms with Gasteiger partial charge in [0, 0.05) is 25.8 Å². The quantitative estimate of drug-likeness (QED) is 0.832. The Morgan fingerprint density at radius 2 is 1.80 bits per heavy atom. The first-order valence-corrected chi connectivity index (χ1v) is 9.08. The number of carbonyl (C=O) groups excluding carboxylic acids is 2. The first-order chi connectivity index (χ1) is 11.8. The lowest BCUT2D eigenvalue weighted by molar-refractivity contribution is -0.130. The maximum absolute atomic E-state index is 12.4. The van der Waals surface area contributed by atoms with Gasteiger partial charge in [0.05, 0.1) is 5.56 Å². The summed E-state index contributed by atoms with van der Waals surface area (Å²) in [4.78, 5) is 26.6. The molecule has 0 aliphatic heterocycles. The van der Waals surface area contributed by atoms with Crippen LogP contribution in [-0.2, 0) is 9.53 Å². The van der Waals surface area contributed by atoms with E-state index in [1.807, 2.05) is 31.1 Å². The Morgan fingerprint density at radius 3 is 2.40 bits per heavy atom. The maximum Gasteiger partial charge on any atom is 0.338 e. The third-order valence-corrected chi connectivity index (χ3v) is 5.31. The minimum Gasteiger partial charge on any atom is -0.449 e. The third-order valence-electron chi connectivity index (χ3n) is 5.31. The number of hydrogen-bond donors (Lipinski definition) is 1. The molecular formula is C20H30N2O3. The maximum atomic E-state index is 12.4. The van der Waals surface area contributed by atoms with E-state index < -0.39 is 12.1 Å². The molecule has 1 amide bonds. The van der Waals surface area contributed by atoms with Gasteiger partial charge in [-0.2, -0.15) is 0 Å². The molecule has 0 heterocycles. The molecule has 1 aromatic carbocycles. The van der Waals surface area contributed by atoms with E-state index in [-0.39, 0.29) is 11.9 Å². The number of nitrogens with zero attached hydrogens (tertiary/aromatic N) is 1. The fourth-order valence-corrected chi connectivity index (χ4v) is 3.26. The van der Waals surface area contributed by atoms with Gasteiger partial charge in [-0.05, 0) is 49.4 Å². The van der Waals surface area contributed by atoms with E-state index in [9.17, 15) is 9.59 Å². The molecule has 4 atom stereocenters. The fourth-order valence-electron chi connectivity index (χ4n) is 3.26. The molecule has 138 valence electrons. The highest BCUT2D eigenvalue weighted by molar-refractivity contribution is 5.92. The van der Waals surface area contributed by atoms with Crippen LogP contribution in [0.1, 0.15) is 50.4 Å². The molecule has 0 spiro atoms. The highest BCUT2D eigenvalue weighted by Crippen LogP contribution is 2.29. The number of amides is 1. The number of hydrogen-bond acceptors (Lipinski definition) is 4. The molecule has 1 aliphatic rings. The molecule has 0 aromatic heterocycles. The van der Waals surface area contributed by atoms with E-state index in [0.29, 0.717) is 17.4 Å². The summed E-state index contributed by atoms with van der Waals surface area (Å²) in [6.07, 6.45) is 2.53. The summed E-state index contributed by atoms with van der Waals surface area (Å²) in [5.74, 6) is 0.355. The first kappa shape index (κ1) is 19.3. The number of anilines is 1. The van der Waals surface area contributed by atoms with Crippen LogP contribution in [0.4, 0.5) is 5.69 Å². The Hall–Kier alpha value is -2.04. The Labute approximate surface area is 150 Å². The van der Waals surface area contributed by atoms with Crippen molar-refractivity contribution in [1.82, 2.24) is 5.32 Å². The van der Waals surface area contributed by atoms with Crippen LogP contribution in [0, 0.1) is 11.8 Å². The van der Waals surface area contributed by atoms with E-state index in [1.165, 1.54) is 6.42 Å². The van der Waals surface area contributed by atoms with Gasteiger partial charge in [0.2, 0.25) is 0 Å². The monoisotopic (exact) mass is 346 g/mol. The largest absolute Gasteiger partial charge is 0.449 e. The summed E-state index contributed by atoms with van der Waals surface area (Å²) in [6.45, 7) is 6.03. The predicted molar refractivity (Wildman–Crippen MR) is 99.8 cm³/mol. The van der Waals surface area contributed by atoms with Gasteiger partial charge in [-0.1, -0.05) is 26.7 Å². The van der Waals surface area contributed by atoms with Gasteiger partial charge in [0.15, 0.2) is 6.10 Å². The zero-order valence-corrected chi connectivity index (χ0v) is 15.9. The first-order valence-electron chi connectivity index (χ1n) is 9.08. The van der Waals surface area contributed by atoms with Crippen molar-refractivity contribution in [3.63, 3.8) is 0 Å². The van der Waals surface area contributed by atoms with Gasteiger partial charge < -0.3 is 15.0 Å².